The quantitative estimate of drug-likeness (QED) is 0.604. The molecule has 0 bridgehead atoms. The van der Waals surface area contributed by atoms with E-state index in [0.29, 0.717) is 10.9 Å². The van der Waals surface area contributed by atoms with E-state index < -0.39 is 0 Å². The van der Waals surface area contributed by atoms with Crippen LogP contribution in [-0.4, -0.2) is 9.97 Å². The van der Waals surface area contributed by atoms with Crippen molar-refractivity contribution in [3.8, 4) is 0 Å². The summed E-state index contributed by atoms with van der Waals surface area (Å²) in [6.45, 7) is 0. The maximum atomic E-state index is 12.9. The van der Waals surface area contributed by atoms with Gasteiger partial charge in [-0.25, -0.2) is 9.37 Å². The van der Waals surface area contributed by atoms with Crippen LogP contribution in [0.5, 0.6) is 0 Å². The van der Waals surface area contributed by atoms with Crippen LogP contribution in [0, 0.1) is 5.82 Å². The number of hydrogen-bond acceptors (Lipinski definition) is 1. The fraction of sp³-hybridized carbons (Fsp3) is 0. The highest BCUT2D eigenvalue weighted by Crippen LogP contribution is 2.22. The van der Waals surface area contributed by atoms with Gasteiger partial charge in [-0.15, -0.1) is 0 Å². The van der Waals surface area contributed by atoms with Crippen molar-refractivity contribution in [2.45, 2.75) is 0 Å². The monoisotopic (exact) mass is 170 g/mol. The second-order valence-electron chi connectivity index (χ2n) is 2.16. The lowest BCUT2D eigenvalue weighted by Crippen LogP contribution is -1.76. The highest BCUT2D eigenvalue weighted by molar-refractivity contribution is 6.34. The summed E-state index contributed by atoms with van der Waals surface area (Å²) in [5, 5.41) is 0.551. The summed E-state index contributed by atoms with van der Waals surface area (Å²) in [6, 6.07) is 1.67. The molecule has 0 fully saturated rings. The molecule has 56 valence electrons. The second kappa shape index (κ2) is 2.20. The Hall–Kier alpha value is -1.09. The van der Waals surface area contributed by atoms with E-state index in [4.69, 9.17) is 11.6 Å². The van der Waals surface area contributed by atoms with Gasteiger partial charge in [0, 0.05) is 12.4 Å². The Morgan fingerprint density at radius 3 is 3.09 bits per heavy atom. The van der Waals surface area contributed by atoms with Crippen LogP contribution in [0.2, 0.25) is 5.15 Å². The fourth-order valence-corrected chi connectivity index (χ4v) is 1.25. The molecule has 0 radical (unpaired) electrons. The predicted octanol–water partition coefficient (Wildman–Crippen LogP) is 2.36. The molecule has 0 saturated heterocycles. The lowest BCUT2D eigenvalue weighted by molar-refractivity contribution is 0.639. The molecule has 0 aromatic carbocycles. The van der Waals surface area contributed by atoms with Gasteiger partial charge in [0.15, 0.2) is 5.82 Å². The second-order valence-corrected chi connectivity index (χ2v) is 2.52. The molecule has 0 saturated carbocycles. The summed E-state index contributed by atoms with van der Waals surface area (Å²) in [5.41, 5.74) is 0.669. The Bertz CT molecular complexity index is 396. The van der Waals surface area contributed by atoms with Crippen LogP contribution in [0.3, 0.4) is 0 Å². The zero-order chi connectivity index (χ0) is 7.84. The summed E-state index contributed by atoms with van der Waals surface area (Å²) < 4.78 is 12.9. The molecule has 0 aliphatic carbocycles. The Morgan fingerprint density at radius 1 is 1.55 bits per heavy atom. The van der Waals surface area contributed by atoms with Crippen LogP contribution in [0.15, 0.2) is 18.5 Å². The molecule has 0 aliphatic heterocycles. The average molecular weight is 171 g/mol. The standard InChI is InChI=1S/C7H4ClFN2/c8-7-6-4(9)3-11-5(6)1-2-10-7/h1-3,11H. The van der Waals surface area contributed by atoms with E-state index >= 15 is 0 Å². The Balaban J connectivity index is 2.96. The van der Waals surface area contributed by atoms with E-state index in [9.17, 15) is 4.39 Å². The Kier molecular flexibility index (Phi) is 1.32. The third kappa shape index (κ3) is 0.886. The van der Waals surface area contributed by atoms with Crippen molar-refractivity contribution in [2.24, 2.45) is 0 Å². The van der Waals surface area contributed by atoms with Crippen molar-refractivity contribution >= 4 is 22.5 Å². The number of rotatable bonds is 0. The van der Waals surface area contributed by atoms with Crippen LogP contribution < -0.4 is 0 Å². The molecule has 0 spiro atoms. The van der Waals surface area contributed by atoms with Crippen LogP contribution in [0.1, 0.15) is 0 Å². The molecule has 1 N–H and O–H groups in total. The van der Waals surface area contributed by atoms with Gasteiger partial charge in [0.25, 0.3) is 0 Å². The van der Waals surface area contributed by atoms with Gasteiger partial charge in [-0.05, 0) is 6.07 Å². The van der Waals surface area contributed by atoms with Crippen molar-refractivity contribution < 1.29 is 4.39 Å². The SMILES string of the molecule is Fc1c[nH]c2ccnc(Cl)c12. The highest BCUT2D eigenvalue weighted by atomic mass is 35.5. The van der Waals surface area contributed by atoms with Crippen LogP contribution in [0.4, 0.5) is 4.39 Å². The van der Waals surface area contributed by atoms with Gasteiger partial charge in [-0.2, -0.15) is 0 Å². The number of aromatic nitrogens is 2. The summed E-state index contributed by atoms with van der Waals surface area (Å²) >= 11 is 5.63. The van der Waals surface area contributed by atoms with E-state index in [2.05, 4.69) is 9.97 Å². The van der Waals surface area contributed by atoms with Crippen LogP contribution in [0.25, 0.3) is 10.9 Å². The molecule has 2 aromatic heterocycles. The van der Waals surface area contributed by atoms with Crippen molar-refractivity contribution in [1.29, 1.82) is 0 Å². The molecule has 0 unspecified atom stereocenters. The molecule has 2 nitrogen and oxygen atoms in total. The van der Waals surface area contributed by atoms with Gasteiger partial charge < -0.3 is 4.98 Å². The lowest BCUT2D eigenvalue weighted by atomic mass is 10.3. The number of fused-ring (bicyclic) bond motifs is 1. The molecule has 0 aliphatic rings. The zero-order valence-corrected chi connectivity index (χ0v) is 6.19. The number of aromatic amines is 1. The normalized spacial score (nSPS) is 10.7. The van der Waals surface area contributed by atoms with Crippen LogP contribution >= 0.6 is 11.6 Å². The van der Waals surface area contributed by atoms with E-state index in [1.54, 1.807) is 6.07 Å². The highest BCUT2D eigenvalue weighted by Gasteiger charge is 2.06. The zero-order valence-electron chi connectivity index (χ0n) is 5.44. The van der Waals surface area contributed by atoms with Gasteiger partial charge >= 0.3 is 0 Å². The topological polar surface area (TPSA) is 28.7 Å². The third-order valence-electron chi connectivity index (χ3n) is 1.50. The minimum Gasteiger partial charge on any atom is -0.358 e. The van der Waals surface area contributed by atoms with Crippen LogP contribution in [-0.2, 0) is 0 Å². The number of pyridine rings is 1. The number of halogens is 2. The number of nitrogens with one attached hydrogen (secondary N) is 1. The largest absolute Gasteiger partial charge is 0.358 e. The lowest BCUT2D eigenvalue weighted by Gasteiger charge is -1.90. The molecule has 0 amide bonds. The molecule has 0 atom stereocenters. The third-order valence-corrected chi connectivity index (χ3v) is 1.78. The van der Waals surface area contributed by atoms with Gasteiger partial charge in [-0.3, -0.25) is 0 Å². The van der Waals surface area contributed by atoms with Gasteiger partial charge in [0.1, 0.15) is 5.15 Å². The molecular formula is C7H4ClFN2. The fourth-order valence-electron chi connectivity index (χ4n) is 0.997. The minimum atomic E-state index is -0.363. The van der Waals surface area contributed by atoms with Crippen molar-refractivity contribution in [3.63, 3.8) is 0 Å². The summed E-state index contributed by atoms with van der Waals surface area (Å²) in [7, 11) is 0. The molecule has 2 rings (SSSR count). The van der Waals surface area contributed by atoms with Gasteiger partial charge in [0.05, 0.1) is 10.9 Å². The molecule has 2 heterocycles. The molecule has 4 heteroatoms. The van der Waals surface area contributed by atoms with E-state index in [1.807, 2.05) is 0 Å². The Morgan fingerprint density at radius 2 is 2.36 bits per heavy atom. The predicted molar refractivity (Wildman–Crippen MR) is 41.1 cm³/mol. The van der Waals surface area contributed by atoms with Gasteiger partial charge in [-0.1, -0.05) is 11.6 Å². The first-order valence-corrected chi connectivity index (χ1v) is 3.44. The van der Waals surface area contributed by atoms with Crippen molar-refractivity contribution in [1.82, 2.24) is 9.97 Å². The van der Waals surface area contributed by atoms with Crippen molar-refractivity contribution in [3.05, 3.63) is 29.4 Å². The average Bonchev–Trinajstić information content (AvgIpc) is 2.34. The maximum absolute atomic E-state index is 12.9. The Labute approximate surface area is 67.0 Å². The van der Waals surface area contributed by atoms with E-state index in [0.717, 1.165) is 0 Å². The summed E-state index contributed by atoms with van der Waals surface area (Å²) in [5.74, 6) is -0.363. The minimum absolute atomic E-state index is 0.196. The van der Waals surface area contributed by atoms with E-state index in [-0.39, 0.29) is 11.0 Å². The summed E-state index contributed by atoms with van der Waals surface area (Å²) in [6.07, 6.45) is 2.79. The van der Waals surface area contributed by atoms with E-state index in [1.165, 1.54) is 12.4 Å². The number of H-pyrrole nitrogens is 1. The van der Waals surface area contributed by atoms with Crippen molar-refractivity contribution in [2.75, 3.05) is 0 Å². The molecule has 2 aromatic rings. The van der Waals surface area contributed by atoms with Gasteiger partial charge in [0.2, 0.25) is 0 Å². The maximum Gasteiger partial charge on any atom is 0.151 e. The molecular weight excluding hydrogens is 167 g/mol. The summed E-state index contributed by atoms with van der Waals surface area (Å²) in [4.78, 5) is 6.48. The first kappa shape index (κ1) is 6.61. The first-order valence-electron chi connectivity index (χ1n) is 3.06. The number of hydrogen-bond donors (Lipinski definition) is 1. The molecule has 11 heavy (non-hydrogen) atoms. The number of nitrogens with zero attached hydrogens (tertiary/aromatic N) is 1. The first-order chi connectivity index (χ1) is 5.29. The smallest absolute Gasteiger partial charge is 0.151 e.